The Morgan fingerprint density at radius 3 is 2.65 bits per heavy atom. The molecule has 0 aliphatic carbocycles. The predicted molar refractivity (Wildman–Crippen MR) is 83.2 cm³/mol. The Morgan fingerprint density at radius 2 is 2.05 bits per heavy atom. The second-order valence-corrected chi connectivity index (χ2v) is 5.21. The first kappa shape index (κ1) is 16.7. The van der Waals surface area contributed by atoms with Gasteiger partial charge in [0.25, 0.3) is 0 Å². The van der Waals surface area contributed by atoms with Gasteiger partial charge in [0.1, 0.15) is 0 Å². The summed E-state index contributed by atoms with van der Waals surface area (Å²) in [6, 6.07) is 10.4. The van der Waals surface area contributed by atoms with Crippen LogP contribution in [0.15, 0.2) is 30.3 Å². The van der Waals surface area contributed by atoms with Crippen LogP contribution in [-0.4, -0.2) is 37.5 Å². The summed E-state index contributed by atoms with van der Waals surface area (Å²) in [5.74, 6) is 0.0396. The van der Waals surface area contributed by atoms with Crippen LogP contribution < -0.4 is 11.1 Å². The van der Waals surface area contributed by atoms with Gasteiger partial charge in [0, 0.05) is 25.6 Å². The SMILES string of the molecule is CCC(CN)C(=O)NCCCN(C)Cc1ccccc1. The van der Waals surface area contributed by atoms with Crippen LogP contribution >= 0.6 is 0 Å². The summed E-state index contributed by atoms with van der Waals surface area (Å²) in [7, 11) is 2.10. The third kappa shape index (κ3) is 6.17. The minimum absolute atomic E-state index is 0.0444. The van der Waals surface area contributed by atoms with E-state index in [0.717, 1.165) is 25.9 Å². The van der Waals surface area contributed by atoms with E-state index in [1.807, 2.05) is 13.0 Å². The second kappa shape index (κ2) is 9.50. The molecule has 1 atom stereocenters. The summed E-state index contributed by atoms with van der Waals surface area (Å²) < 4.78 is 0. The van der Waals surface area contributed by atoms with Crippen molar-refractivity contribution in [1.82, 2.24) is 10.2 Å². The zero-order valence-electron chi connectivity index (χ0n) is 12.6. The highest BCUT2D eigenvalue weighted by Crippen LogP contribution is 2.03. The minimum atomic E-state index is -0.0444. The van der Waals surface area contributed by atoms with Crippen molar-refractivity contribution in [2.75, 3.05) is 26.7 Å². The summed E-state index contributed by atoms with van der Waals surface area (Å²) in [5.41, 5.74) is 6.87. The zero-order valence-corrected chi connectivity index (χ0v) is 12.6. The Labute approximate surface area is 122 Å². The van der Waals surface area contributed by atoms with Crippen LogP contribution in [0, 0.1) is 5.92 Å². The number of rotatable bonds is 9. The van der Waals surface area contributed by atoms with Crippen molar-refractivity contribution in [1.29, 1.82) is 0 Å². The van der Waals surface area contributed by atoms with Crippen molar-refractivity contribution in [3.05, 3.63) is 35.9 Å². The maximum absolute atomic E-state index is 11.7. The molecule has 20 heavy (non-hydrogen) atoms. The number of nitrogens with one attached hydrogen (secondary N) is 1. The summed E-state index contributed by atoms with van der Waals surface area (Å²) in [4.78, 5) is 14.0. The van der Waals surface area contributed by atoms with Gasteiger partial charge in [-0.2, -0.15) is 0 Å². The molecule has 0 bridgehead atoms. The fraction of sp³-hybridized carbons (Fsp3) is 0.562. The molecule has 0 aromatic heterocycles. The molecule has 4 heteroatoms. The van der Waals surface area contributed by atoms with Gasteiger partial charge in [0.15, 0.2) is 0 Å². The van der Waals surface area contributed by atoms with Crippen molar-refractivity contribution in [2.45, 2.75) is 26.3 Å². The number of benzene rings is 1. The molecule has 0 spiro atoms. The molecule has 0 aliphatic heterocycles. The molecule has 0 aliphatic rings. The Morgan fingerprint density at radius 1 is 1.35 bits per heavy atom. The van der Waals surface area contributed by atoms with E-state index in [0.29, 0.717) is 13.1 Å². The summed E-state index contributed by atoms with van der Waals surface area (Å²) in [6.07, 6.45) is 1.76. The summed E-state index contributed by atoms with van der Waals surface area (Å²) in [6.45, 7) is 5.04. The Hall–Kier alpha value is -1.39. The minimum Gasteiger partial charge on any atom is -0.356 e. The van der Waals surface area contributed by atoms with E-state index in [1.165, 1.54) is 5.56 Å². The average Bonchev–Trinajstić information content (AvgIpc) is 2.46. The third-order valence-corrected chi connectivity index (χ3v) is 3.46. The topological polar surface area (TPSA) is 58.4 Å². The van der Waals surface area contributed by atoms with Crippen molar-refractivity contribution < 1.29 is 4.79 Å². The fourth-order valence-electron chi connectivity index (χ4n) is 2.14. The van der Waals surface area contributed by atoms with Gasteiger partial charge >= 0.3 is 0 Å². The van der Waals surface area contributed by atoms with Gasteiger partial charge in [-0.1, -0.05) is 37.3 Å². The van der Waals surface area contributed by atoms with Crippen LogP contribution in [0.2, 0.25) is 0 Å². The van der Waals surface area contributed by atoms with Crippen LogP contribution in [-0.2, 0) is 11.3 Å². The molecule has 0 fully saturated rings. The van der Waals surface area contributed by atoms with Crippen LogP contribution in [0.4, 0.5) is 0 Å². The Balaban J connectivity index is 2.16. The average molecular weight is 277 g/mol. The molecular formula is C16H27N3O. The molecule has 1 unspecified atom stereocenters. The first-order chi connectivity index (χ1) is 9.67. The maximum atomic E-state index is 11.7. The molecule has 3 N–H and O–H groups in total. The Bertz CT molecular complexity index is 377. The number of hydrogen-bond acceptors (Lipinski definition) is 3. The summed E-state index contributed by atoms with van der Waals surface area (Å²) >= 11 is 0. The normalized spacial score (nSPS) is 12.4. The van der Waals surface area contributed by atoms with Crippen molar-refractivity contribution >= 4 is 5.91 Å². The molecule has 1 rings (SSSR count). The molecule has 0 radical (unpaired) electrons. The van der Waals surface area contributed by atoms with Crippen LogP contribution in [0.25, 0.3) is 0 Å². The lowest BCUT2D eigenvalue weighted by molar-refractivity contribution is -0.124. The Kier molecular flexibility index (Phi) is 7.92. The smallest absolute Gasteiger partial charge is 0.224 e. The van der Waals surface area contributed by atoms with Gasteiger partial charge in [-0.05, 0) is 32.0 Å². The second-order valence-electron chi connectivity index (χ2n) is 5.21. The molecule has 1 amide bonds. The number of carbonyl (C=O) groups excluding carboxylic acids is 1. The van der Waals surface area contributed by atoms with Gasteiger partial charge in [0.2, 0.25) is 5.91 Å². The van der Waals surface area contributed by atoms with Gasteiger partial charge in [-0.15, -0.1) is 0 Å². The van der Waals surface area contributed by atoms with Crippen molar-refractivity contribution in [3.8, 4) is 0 Å². The van der Waals surface area contributed by atoms with Gasteiger partial charge in [-0.3, -0.25) is 4.79 Å². The zero-order chi connectivity index (χ0) is 14.8. The molecule has 0 heterocycles. The molecule has 1 aromatic carbocycles. The molecule has 112 valence electrons. The van der Waals surface area contributed by atoms with E-state index in [9.17, 15) is 4.79 Å². The molecule has 4 nitrogen and oxygen atoms in total. The lowest BCUT2D eigenvalue weighted by atomic mass is 10.1. The number of hydrogen-bond donors (Lipinski definition) is 2. The van der Waals surface area contributed by atoms with E-state index >= 15 is 0 Å². The predicted octanol–water partition coefficient (Wildman–Crippen LogP) is 1.61. The van der Waals surface area contributed by atoms with Gasteiger partial charge < -0.3 is 16.0 Å². The first-order valence-corrected chi connectivity index (χ1v) is 7.37. The van der Waals surface area contributed by atoms with Crippen LogP contribution in [0.1, 0.15) is 25.3 Å². The number of nitrogens with zero attached hydrogens (tertiary/aromatic N) is 1. The van der Waals surface area contributed by atoms with Gasteiger partial charge in [0.05, 0.1) is 0 Å². The highest BCUT2D eigenvalue weighted by atomic mass is 16.1. The number of nitrogens with two attached hydrogens (primary N) is 1. The van der Waals surface area contributed by atoms with E-state index in [2.05, 4.69) is 41.5 Å². The van der Waals surface area contributed by atoms with E-state index in [4.69, 9.17) is 5.73 Å². The molecule has 0 saturated heterocycles. The van der Waals surface area contributed by atoms with Crippen LogP contribution in [0.3, 0.4) is 0 Å². The highest BCUT2D eigenvalue weighted by Gasteiger charge is 2.13. The van der Waals surface area contributed by atoms with Gasteiger partial charge in [-0.25, -0.2) is 0 Å². The molecule has 0 saturated carbocycles. The maximum Gasteiger partial charge on any atom is 0.224 e. The standard InChI is InChI=1S/C16H27N3O/c1-3-15(12-17)16(20)18-10-7-11-19(2)13-14-8-5-4-6-9-14/h4-6,8-9,15H,3,7,10-13,17H2,1-2H3,(H,18,20). The molecular weight excluding hydrogens is 250 g/mol. The van der Waals surface area contributed by atoms with E-state index in [-0.39, 0.29) is 11.8 Å². The quantitative estimate of drug-likeness (QED) is 0.674. The summed E-state index contributed by atoms with van der Waals surface area (Å²) in [5, 5.41) is 2.96. The largest absolute Gasteiger partial charge is 0.356 e. The monoisotopic (exact) mass is 277 g/mol. The fourth-order valence-corrected chi connectivity index (χ4v) is 2.14. The lowest BCUT2D eigenvalue weighted by Crippen LogP contribution is -2.36. The van der Waals surface area contributed by atoms with E-state index < -0.39 is 0 Å². The third-order valence-electron chi connectivity index (χ3n) is 3.46. The van der Waals surface area contributed by atoms with Crippen molar-refractivity contribution in [2.24, 2.45) is 11.7 Å². The lowest BCUT2D eigenvalue weighted by Gasteiger charge is -2.17. The van der Waals surface area contributed by atoms with Crippen LogP contribution in [0.5, 0.6) is 0 Å². The first-order valence-electron chi connectivity index (χ1n) is 7.37. The van der Waals surface area contributed by atoms with E-state index in [1.54, 1.807) is 0 Å². The van der Waals surface area contributed by atoms with Crippen molar-refractivity contribution in [3.63, 3.8) is 0 Å². The number of carbonyl (C=O) groups is 1. The molecule has 1 aromatic rings. The highest BCUT2D eigenvalue weighted by molar-refractivity contribution is 5.78. The number of amides is 1.